The summed E-state index contributed by atoms with van der Waals surface area (Å²) in [5.41, 5.74) is 1.21. The molecule has 2 aromatic rings. The fourth-order valence-electron chi connectivity index (χ4n) is 4.60. The number of benzene rings is 2. The molecule has 236 valence electrons. The highest BCUT2D eigenvalue weighted by atomic mass is 16.7. The standard InChI is InChI=1S/C29H36O14/c1-14-22(34)24(36)25(37)29(41-14)43-27-23(35)20(13-40-21(33)9-5-15-2-6-17(30)7-3-15)42-28(26(27)38)39-11-10-16-4-8-18(31)19(32)12-16/h2-9,12,14,20,22-32,34-38H,10-11,13H2,1H3/t14-,20+,22-,23+,24+,25+,26+,27-,28+,29-/m0/s1. The normalized spacial score (nSPS) is 33.0. The highest BCUT2D eigenvalue weighted by Crippen LogP contribution is 2.30. The second-order valence-corrected chi connectivity index (χ2v) is 10.3. The minimum atomic E-state index is -1.73. The van der Waals surface area contributed by atoms with Crippen LogP contribution in [0.3, 0.4) is 0 Å². The molecule has 14 heteroatoms. The molecule has 2 heterocycles. The minimum absolute atomic E-state index is 0.0544. The maximum Gasteiger partial charge on any atom is 0.330 e. The van der Waals surface area contributed by atoms with Crippen LogP contribution in [-0.2, 0) is 34.9 Å². The maximum atomic E-state index is 12.4. The summed E-state index contributed by atoms with van der Waals surface area (Å²) in [6.07, 6.45) is -12.0. The molecule has 2 fully saturated rings. The summed E-state index contributed by atoms with van der Waals surface area (Å²) in [5.74, 6) is -1.34. The van der Waals surface area contributed by atoms with Gasteiger partial charge in [-0.3, -0.25) is 0 Å². The fraction of sp³-hybridized carbons (Fsp3) is 0.483. The molecule has 0 radical (unpaired) electrons. The Morgan fingerprint density at radius 2 is 1.56 bits per heavy atom. The molecule has 0 unspecified atom stereocenters. The first kappa shape index (κ1) is 32.6. The van der Waals surface area contributed by atoms with Crippen LogP contribution in [-0.4, -0.2) is 121 Å². The van der Waals surface area contributed by atoms with E-state index < -0.39 is 74.0 Å². The predicted molar refractivity (Wildman–Crippen MR) is 145 cm³/mol. The Hall–Kier alpha value is -3.31. The van der Waals surface area contributed by atoms with Crippen molar-refractivity contribution >= 4 is 12.0 Å². The Bertz CT molecular complexity index is 1240. The Morgan fingerprint density at radius 3 is 2.26 bits per heavy atom. The Labute approximate surface area is 246 Å². The molecule has 0 saturated carbocycles. The number of aromatic hydroxyl groups is 3. The first-order chi connectivity index (χ1) is 20.4. The third kappa shape index (κ3) is 8.20. The largest absolute Gasteiger partial charge is 0.508 e. The predicted octanol–water partition coefficient (Wildman–Crippen LogP) is -0.722. The van der Waals surface area contributed by atoms with Gasteiger partial charge in [-0.25, -0.2) is 4.79 Å². The van der Waals surface area contributed by atoms with E-state index in [0.717, 1.165) is 6.08 Å². The fourth-order valence-corrected chi connectivity index (χ4v) is 4.60. The molecular weight excluding hydrogens is 572 g/mol. The average molecular weight is 609 g/mol. The SMILES string of the molecule is C[C@@H]1O[C@@H](O[C@@H]2[C@@H](O)[C@H](OCCc3ccc(O)c(O)c3)O[C@H](COC(=O)C=Cc3ccc(O)cc3)[C@H]2O)[C@H](O)[C@H](O)[C@H]1O. The van der Waals surface area contributed by atoms with Crippen LogP contribution in [0.2, 0.25) is 0 Å². The van der Waals surface area contributed by atoms with Crippen molar-refractivity contribution in [2.45, 2.75) is 74.8 Å². The second-order valence-electron chi connectivity index (χ2n) is 10.3. The Balaban J connectivity index is 1.44. The minimum Gasteiger partial charge on any atom is -0.508 e. The van der Waals surface area contributed by atoms with Crippen molar-refractivity contribution in [3.05, 3.63) is 59.7 Å². The van der Waals surface area contributed by atoms with Crippen LogP contribution in [0.1, 0.15) is 18.1 Å². The molecule has 4 rings (SSSR count). The van der Waals surface area contributed by atoms with E-state index in [-0.39, 0.29) is 30.3 Å². The molecule has 8 N–H and O–H groups in total. The van der Waals surface area contributed by atoms with Gasteiger partial charge in [0.1, 0.15) is 55.1 Å². The van der Waals surface area contributed by atoms with Crippen molar-refractivity contribution in [1.82, 2.24) is 0 Å². The van der Waals surface area contributed by atoms with Gasteiger partial charge < -0.3 is 64.5 Å². The molecule has 0 bridgehead atoms. The second kappa shape index (κ2) is 14.4. The lowest BCUT2D eigenvalue weighted by Crippen LogP contribution is -2.64. The topological polar surface area (TPSA) is 225 Å². The van der Waals surface area contributed by atoms with Gasteiger partial charge in [-0.15, -0.1) is 0 Å². The van der Waals surface area contributed by atoms with Crippen molar-refractivity contribution in [2.75, 3.05) is 13.2 Å². The van der Waals surface area contributed by atoms with Crippen molar-refractivity contribution in [3.8, 4) is 17.2 Å². The molecule has 14 nitrogen and oxygen atoms in total. The lowest BCUT2D eigenvalue weighted by molar-refractivity contribution is -0.357. The summed E-state index contributed by atoms with van der Waals surface area (Å²) < 4.78 is 27.8. The molecule has 10 atom stereocenters. The Kier molecular flexibility index (Phi) is 10.9. The Morgan fingerprint density at radius 1 is 0.837 bits per heavy atom. The van der Waals surface area contributed by atoms with E-state index in [2.05, 4.69) is 0 Å². The lowest BCUT2D eigenvalue weighted by Gasteiger charge is -2.45. The van der Waals surface area contributed by atoms with Gasteiger partial charge in [0.05, 0.1) is 12.7 Å². The van der Waals surface area contributed by atoms with E-state index in [1.54, 1.807) is 18.2 Å². The van der Waals surface area contributed by atoms with Gasteiger partial charge in [0.25, 0.3) is 0 Å². The zero-order valence-electron chi connectivity index (χ0n) is 23.1. The van der Waals surface area contributed by atoms with Gasteiger partial charge in [0, 0.05) is 6.08 Å². The highest BCUT2D eigenvalue weighted by molar-refractivity contribution is 5.87. The quantitative estimate of drug-likeness (QED) is 0.0947. The van der Waals surface area contributed by atoms with Gasteiger partial charge in [0.2, 0.25) is 0 Å². The van der Waals surface area contributed by atoms with E-state index in [4.69, 9.17) is 23.7 Å². The van der Waals surface area contributed by atoms with Crippen LogP contribution in [0.15, 0.2) is 48.5 Å². The number of esters is 1. The van der Waals surface area contributed by atoms with Crippen LogP contribution < -0.4 is 0 Å². The van der Waals surface area contributed by atoms with Crippen LogP contribution in [0, 0.1) is 0 Å². The van der Waals surface area contributed by atoms with Gasteiger partial charge in [-0.05, 0) is 54.8 Å². The summed E-state index contributed by atoms with van der Waals surface area (Å²) in [7, 11) is 0. The molecule has 2 aromatic carbocycles. The van der Waals surface area contributed by atoms with E-state index in [1.165, 1.54) is 37.3 Å². The van der Waals surface area contributed by atoms with Gasteiger partial charge in [0.15, 0.2) is 24.1 Å². The number of hydrogen-bond acceptors (Lipinski definition) is 14. The highest BCUT2D eigenvalue weighted by Gasteiger charge is 2.50. The number of phenolic OH excluding ortho intramolecular Hbond substituents is 3. The summed E-state index contributed by atoms with van der Waals surface area (Å²) >= 11 is 0. The molecule has 43 heavy (non-hydrogen) atoms. The third-order valence-corrected chi connectivity index (χ3v) is 7.15. The molecule has 0 amide bonds. The van der Waals surface area contributed by atoms with Crippen LogP contribution in [0.4, 0.5) is 0 Å². The number of carbonyl (C=O) groups excluding carboxylic acids is 1. The smallest absolute Gasteiger partial charge is 0.330 e. The van der Waals surface area contributed by atoms with E-state index in [0.29, 0.717) is 11.1 Å². The summed E-state index contributed by atoms with van der Waals surface area (Å²) in [4.78, 5) is 12.4. The van der Waals surface area contributed by atoms with Gasteiger partial charge >= 0.3 is 5.97 Å². The zero-order chi connectivity index (χ0) is 31.3. The molecule has 2 saturated heterocycles. The van der Waals surface area contributed by atoms with E-state index in [1.807, 2.05) is 0 Å². The summed E-state index contributed by atoms with van der Waals surface area (Å²) in [6.45, 7) is 0.888. The first-order valence-corrected chi connectivity index (χ1v) is 13.6. The first-order valence-electron chi connectivity index (χ1n) is 13.6. The van der Waals surface area contributed by atoms with Gasteiger partial charge in [-0.2, -0.15) is 0 Å². The molecule has 2 aliphatic heterocycles. The van der Waals surface area contributed by atoms with E-state index in [9.17, 15) is 45.6 Å². The molecule has 0 spiro atoms. The molecule has 0 aromatic heterocycles. The number of aliphatic hydroxyl groups excluding tert-OH is 5. The lowest BCUT2D eigenvalue weighted by atomic mass is 9.97. The van der Waals surface area contributed by atoms with Gasteiger partial charge in [-0.1, -0.05) is 18.2 Å². The van der Waals surface area contributed by atoms with Crippen LogP contribution in [0.5, 0.6) is 17.2 Å². The van der Waals surface area contributed by atoms with E-state index >= 15 is 0 Å². The molecule has 2 aliphatic rings. The van der Waals surface area contributed by atoms with Crippen molar-refractivity contribution in [1.29, 1.82) is 0 Å². The molecular formula is C29H36O14. The van der Waals surface area contributed by atoms with Crippen LogP contribution in [0.25, 0.3) is 6.08 Å². The zero-order valence-corrected chi connectivity index (χ0v) is 23.1. The number of aliphatic hydroxyl groups is 5. The third-order valence-electron chi connectivity index (χ3n) is 7.15. The van der Waals surface area contributed by atoms with Crippen molar-refractivity contribution in [2.24, 2.45) is 0 Å². The van der Waals surface area contributed by atoms with Crippen LogP contribution >= 0.6 is 0 Å². The summed E-state index contributed by atoms with van der Waals surface area (Å²) in [6, 6.07) is 10.2. The number of phenols is 3. The average Bonchev–Trinajstić information content (AvgIpc) is 2.98. The van der Waals surface area contributed by atoms with Crippen molar-refractivity contribution in [3.63, 3.8) is 0 Å². The maximum absolute atomic E-state index is 12.4. The number of rotatable bonds is 10. The van der Waals surface area contributed by atoms with Crippen molar-refractivity contribution < 1.29 is 69.3 Å². The number of hydrogen-bond donors (Lipinski definition) is 8. The number of carbonyl (C=O) groups is 1. The molecule has 0 aliphatic carbocycles. The number of ether oxygens (including phenoxy) is 5. The summed E-state index contributed by atoms with van der Waals surface area (Å²) in [5, 5.41) is 81.2. The monoisotopic (exact) mass is 608 g/mol.